The molecule has 1 aromatic heterocycles. The third-order valence-corrected chi connectivity index (χ3v) is 3.74. The van der Waals surface area contributed by atoms with Gasteiger partial charge in [-0.1, -0.05) is 13.0 Å². The van der Waals surface area contributed by atoms with Crippen LogP contribution in [-0.4, -0.2) is 29.4 Å². The zero-order chi connectivity index (χ0) is 14.7. The Labute approximate surface area is 125 Å². The number of anilines is 1. The highest BCUT2D eigenvalue weighted by Crippen LogP contribution is 2.29. The van der Waals surface area contributed by atoms with Crippen LogP contribution in [0.2, 0.25) is 0 Å². The number of fused-ring (bicyclic) bond motifs is 1. The lowest BCUT2D eigenvalue weighted by Crippen LogP contribution is -2.10. The summed E-state index contributed by atoms with van der Waals surface area (Å²) in [5, 5.41) is 0. The van der Waals surface area contributed by atoms with Crippen LogP contribution in [0.5, 0.6) is 5.75 Å². The quantitative estimate of drug-likeness (QED) is 0.759. The topological polar surface area (TPSA) is 62.3 Å². The molecule has 0 aliphatic heterocycles. The molecule has 0 amide bonds. The van der Waals surface area contributed by atoms with Gasteiger partial charge in [-0.2, -0.15) is 0 Å². The van der Waals surface area contributed by atoms with Gasteiger partial charge in [0.15, 0.2) is 0 Å². The Balaban J connectivity index is 1.72. The smallest absolute Gasteiger partial charge is 0.201 e. The van der Waals surface area contributed by atoms with Gasteiger partial charge in [0.2, 0.25) is 5.95 Å². The predicted octanol–water partition coefficient (Wildman–Crippen LogP) is 2.83. The van der Waals surface area contributed by atoms with Gasteiger partial charge in [-0.25, -0.2) is 4.98 Å². The first-order valence-corrected chi connectivity index (χ1v) is 7.75. The average molecular weight is 289 g/mol. The van der Waals surface area contributed by atoms with Crippen LogP contribution in [0.3, 0.4) is 0 Å². The van der Waals surface area contributed by atoms with Gasteiger partial charge in [0, 0.05) is 13.2 Å². The molecule has 21 heavy (non-hydrogen) atoms. The van der Waals surface area contributed by atoms with E-state index in [9.17, 15) is 0 Å². The van der Waals surface area contributed by atoms with E-state index in [4.69, 9.17) is 15.2 Å². The van der Waals surface area contributed by atoms with E-state index in [2.05, 4.69) is 11.9 Å². The summed E-state index contributed by atoms with van der Waals surface area (Å²) in [5.41, 5.74) is 7.89. The number of nitrogen functional groups attached to an aromatic ring is 1. The Hall–Kier alpha value is -1.75. The molecule has 3 rings (SSSR count). The maximum Gasteiger partial charge on any atom is 0.201 e. The van der Waals surface area contributed by atoms with Crippen molar-refractivity contribution in [1.82, 2.24) is 9.55 Å². The van der Waals surface area contributed by atoms with Crippen LogP contribution in [0.15, 0.2) is 18.2 Å². The Morgan fingerprint density at radius 1 is 1.33 bits per heavy atom. The Morgan fingerprint density at radius 2 is 2.19 bits per heavy atom. The molecule has 114 valence electrons. The third kappa shape index (κ3) is 3.29. The van der Waals surface area contributed by atoms with E-state index in [1.54, 1.807) is 0 Å². The molecule has 1 aliphatic carbocycles. The van der Waals surface area contributed by atoms with E-state index in [1.807, 2.05) is 22.8 Å². The maximum absolute atomic E-state index is 6.05. The van der Waals surface area contributed by atoms with Crippen LogP contribution in [0.4, 0.5) is 5.95 Å². The predicted molar refractivity (Wildman–Crippen MR) is 83.5 cm³/mol. The summed E-state index contributed by atoms with van der Waals surface area (Å²) >= 11 is 0. The van der Waals surface area contributed by atoms with E-state index in [0.29, 0.717) is 19.2 Å². The largest absolute Gasteiger partial charge is 0.491 e. The zero-order valence-corrected chi connectivity index (χ0v) is 12.5. The van der Waals surface area contributed by atoms with Gasteiger partial charge in [-0.05, 0) is 37.3 Å². The number of imidazole rings is 1. The van der Waals surface area contributed by atoms with Crippen molar-refractivity contribution in [3.05, 3.63) is 18.2 Å². The summed E-state index contributed by atoms with van der Waals surface area (Å²) in [5.74, 6) is 2.11. The minimum atomic E-state index is 0.521. The lowest BCUT2D eigenvalue weighted by molar-refractivity contribution is 0.118. The molecule has 0 spiro atoms. The van der Waals surface area contributed by atoms with Crippen molar-refractivity contribution in [3.8, 4) is 5.75 Å². The van der Waals surface area contributed by atoms with E-state index >= 15 is 0 Å². The van der Waals surface area contributed by atoms with Gasteiger partial charge in [0.25, 0.3) is 0 Å². The highest BCUT2D eigenvalue weighted by Gasteiger charge is 2.21. The van der Waals surface area contributed by atoms with Crippen LogP contribution in [0.1, 0.15) is 26.2 Å². The van der Waals surface area contributed by atoms with E-state index in [-0.39, 0.29) is 0 Å². The molecule has 0 saturated heterocycles. The first-order chi connectivity index (χ1) is 10.3. The molecule has 1 aliphatic rings. The number of nitrogens with zero attached hydrogens (tertiary/aromatic N) is 2. The second-order valence-corrected chi connectivity index (χ2v) is 5.61. The third-order valence-electron chi connectivity index (χ3n) is 3.74. The Bertz CT molecular complexity index is 605. The van der Waals surface area contributed by atoms with Crippen LogP contribution >= 0.6 is 0 Å². The molecule has 2 N–H and O–H groups in total. The fourth-order valence-electron chi connectivity index (χ4n) is 2.39. The number of hydrogen-bond acceptors (Lipinski definition) is 4. The van der Waals surface area contributed by atoms with E-state index in [0.717, 1.165) is 42.3 Å². The fourth-order valence-corrected chi connectivity index (χ4v) is 2.39. The minimum Gasteiger partial charge on any atom is -0.491 e. The number of benzene rings is 1. The Morgan fingerprint density at radius 3 is 2.95 bits per heavy atom. The van der Waals surface area contributed by atoms with Crippen LogP contribution < -0.4 is 10.5 Å². The molecule has 0 unspecified atom stereocenters. The van der Waals surface area contributed by atoms with E-state index < -0.39 is 0 Å². The van der Waals surface area contributed by atoms with Gasteiger partial charge < -0.3 is 19.8 Å². The highest BCUT2D eigenvalue weighted by molar-refractivity contribution is 5.84. The van der Waals surface area contributed by atoms with Crippen molar-refractivity contribution < 1.29 is 9.47 Å². The van der Waals surface area contributed by atoms with Crippen molar-refractivity contribution in [2.75, 3.05) is 25.6 Å². The lowest BCUT2D eigenvalue weighted by atomic mass is 10.3. The van der Waals surface area contributed by atoms with Gasteiger partial charge in [-0.15, -0.1) is 0 Å². The van der Waals surface area contributed by atoms with Gasteiger partial charge in [0.05, 0.1) is 18.7 Å². The van der Waals surface area contributed by atoms with Crippen molar-refractivity contribution in [2.45, 2.75) is 32.7 Å². The van der Waals surface area contributed by atoms with Gasteiger partial charge >= 0.3 is 0 Å². The summed E-state index contributed by atoms with van der Waals surface area (Å²) in [6, 6.07) is 5.95. The molecule has 5 heteroatoms. The summed E-state index contributed by atoms with van der Waals surface area (Å²) in [4.78, 5) is 4.45. The maximum atomic E-state index is 6.05. The number of para-hydroxylation sites is 1. The molecule has 1 saturated carbocycles. The molecule has 1 heterocycles. The highest BCUT2D eigenvalue weighted by atomic mass is 16.5. The van der Waals surface area contributed by atoms with Crippen LogP contribution in [-0.2, 0) is 11.3 Å². The summed E-state index contributed by atoms with van der Waals surface area (Å²) in [6.45, 7) is 5.05. The fraction of sp³-hybridized carbons (Fsp3) is 0.562. The lowest BCUT2D eigenvalue weighted by Gasteiger charge is -2.08. The minimum absolute atomic E-state index is 0.521. The second-order valence-electron chi connectivity index (χ2n) is 5.61. The molecule has 2 aromatic rings. The van der Waals surface area contributed by atoms with Crippen molar-refractivity contribution >= 4 is 17.0 Å². The number of ether oxygens (including phenoxy) is 2. The average Bonchev–Trinajstić information content (AvgIpc) is 3.25. The number of nitrogens with two attached hydrogens (primary N) is 1. The summed E-state index contributed by atoms with van der Waals surface area (Å²) in [7, 11) is 0. The van der Waals surface area contributed by atoms with Gasteiger partial charge in [-0.3, -0.25) is 0 Å². The molecule has 1 fully saturated rings. The number of aromatic nitrogens is 2. The number of hydrogen-bond donors (Lipinski definition) is 1. The molecule has 1 aromatic carbocycles. The molecule has 0 atom stereocenters. The zero-order valence-electron chi connectivity index (χ0n) is 12.5. The standard InChI is InChI=1S/C16H23N3O2/c1-2-9-21-14-5-3-4-13-15(14)18-16(17)19(13)8-10-20-11-12-6-7-12/h3-5,12H,2,6-11H2,1H3,(H2,17,18). The molecule has 5 nitrogen and oxygen atoms in total. The van der Waals surface area contributed by atoms with E-state index in [1.165, 1.54) is 12.8 Å². The monoisotopic (exact) mass is 289 g/mol. The van der Waals surface area contributed by atoms with Crippen LogP contribution in [0, 0.1) is 5.92 Å². The normalized spacial score (nSPS) is 14.7. The summed E-state index contributed by atoms with van der Waals surface area (Å²) < 4.78 is 13.4. The second kappa shape index (κ2) is 6.35. The first kappa shape index (κ1) is 14.2. The number of rotatable bonds is 8. The van der Waals surface area contributed by atoms with Crippen molar-refractivity contribution in [1.29, 1.82) is 0 Å². The molecule has 0 bridgehead atoms. The molecular weight excluding hydrogens is 266 g/mol. The molecule has 0 radical (unpaired) electrons. The first-order valence-electron chi connectivity index (χ1n) is 7.75. The van der Waals surface area contributed by atoms with Crippen molar-refractivity contribution in [3.63, 3.8) is 0 Å². The van der Waals surface area contributed by atoms with Gasteiger partial charge in [0.1, 0.15) is 11.3 Å². The summed E-state index contributed by atoms with van der Waals surface area (Å²) in [6.07, 6.45) is 3.60. The Kier molecular flexibility index (Phi) is 4.29. The van der Waals surface area contributed by atoms with Crippen LogP contribution in [0.25, 0.3) is 11.0 Å². The molecular formula is C16H23N3O2. The van der Waals surface area contributed by atoms with Crippen molar-refractivity contribution in [2.24, 2.45) is 5.92 Å². The SMILES string of the molecule is CCCOc1cccc2c1nc(N)n2CCOCC1CC1.